The number of nitriles is 1. The molecule has 2 unspecified atom stereocenters. The van der Waals surface area contributed by atoms with Crippen LogP contribution in [0.4, 0.5) is 11.4 Å². The number of nitrogens with one attached hydrogen (secondary N) is 1. The summed E-state index contributed by atoms with van der Waals surface area (Å²) in [6, 6.07) is 8.09. The van der Waals surface area contributed by atoms with Gasteiger partial charge in [-0.05, 0) is 37.0 Å². The van der Waals surface area contributed by atoms with E-state index in [-0.39, 0.29) is 0 Å². The lowest BCUT2D eigenvalue weighted by molar-refractivity contribution is 0.317. The molecule has 3 N–H and O–H groups in total. The van der Waals surface area contributed by atoms with E-state index < -0.39 is 0 Å². The molecule has 1 fully saturated rings. The SMILES string of the molecule is CCC1CCCCC1Nc1cc(C#N)ccc1N. The fourth-order valence-corrected chi connectivity index (χ4v) is 2.84. The number of nitrogens with zero attached hydrogens (tertiary/aromatic N) is 1. The molecule has 1 aromatic carbocycles. The van der Waals surface area contributed by atoms with Gasteiger partial charge >= 0.3 is 0 Å². The van der Waals surface area contributed by atoms with Crippen LogP contribution in [0.25, 0.3) is 0 Å². The molecule has 1 aliphatic carbocycles. The molecule has 2 rings (SSSR count). The van der Waals surface area contributed by atoms with Crippen LogP contribution in [0.3, 0.4) is 0 Å². The maximum atomic E-state index is 8.94. The molecule has 2 atom stereocenters. The van der Waals surface area contributed by atoms with Crippen LogP contribution < -0.4 is 11.1 Å². The van der Waals surface area contributed by atoms with Crippen molar-refractivity contribution in [3.63, 3.8) is 0 Å². The van der Waals surface area contributed by atoms with Crippen molar-refractivity contribution >= 4 is 11.4 Å². The first kappa shape index (κ1) is 12.8. The van der Waals surface area contributed by atoms with Crippen molar-refractivity contribution in [2.24, 2.45) is 5.92 Å². The van der Waals surface area contributed by atoms with Gasteiger partial charge in [0.05, 0.1) is 23.0 Å². The summed E-state index contributed by atoms with van der Waals surface area (Å²) in [5.74, 6) is 0.726. The topological polar surface area (TPSA) is 61.8 Å². The van der Waals surface area contributed by atoms with Gasteiger partial charge in [-0.1, -0.05) is 26.2 Å². The summed E-state index contributed by atoms with van der Waals surface area (Å²) >= 11 is 0. The molecule has 1 saturated carbocycles. The van der Waals surface area contributed by atoms with Gasteiger partial charge in [-0.2, -0.15) is 5.26 Å². The fourth-order valence-electron chi connectivity index (χ4n) is 2.84. The highest BCUT2D eigenvalue weighted by Crippen LogP contribution is 2.31. The van der Waals surface area contributed by atoms with Crippen LogP contribution in [-0.4, -0.2) is 6.04 Å². The van der Waals surface area contributed by atoms with Crippen LogP contribution in [0.1, 0.15) is 44.6 Å². The van der Waals surface area contributed by atoms with Gasteiger partial charge in [0.15, 0.2) is 0 Å². The van der Waals surface area contributed by atoms with Gasteiger partial charge in [-0.3, -0.25) is 0 Å². The Bertz CT molecular complexity index is 448. The highest BCUT2D eigenvalue weighted by atomic mass is 14.9. The largest absolute Gasteiger partial charge is 0.397 e. The Labute approximate surface area is 109 Å². The van der Waals surface area contributed by atoms with E-state index in [4.69, 9.17) is 11.0 Å². The Morgan fingerprint density at radius 2 is 2.17 bits per heavy atom. The Hall–Kier alpha value is -1.69. The van der Waals surface area contributed by atoms with Crippen LogP contribution in [-0.2, 0) is 0 Å². The minimum Gasteiger partial charge on any atom is -0.397 e. The molecule has 1 aliphatic rings. The summed E-state index contributed by atoms with van der Waals surface area (Å²) < 4.78 is 0. The third-order valence-electron chi connectivity index (χ3n) is 3.96. The maximum Gasteiger partial charge on any atom is 0.0992 e. The standard InChI is InChI=1S/C15H21N3/c1-2-12-5-3-4-6-14(12)18-15-9-11(10-16)7-8-13(15)17/h7-9,12,14,18H,2-6,17H2,1H3. The van der Waals surface area contributed by atoms with Crippen molar-refractivity contribution in [3.05, 3.63) is 23.8 Å². The predicted molar refractivity (Wildman–Crippen MR) is 75.2 cm³/mol. The molecule has 0 bridgehead atoms. The lowest BCUT2D eigenvalue weighted by Gasteiger charge is -2.32. The molecule has 3 nitrogen and oxygen atoms in total. The average Bonchev–Trinajstić information content (AvgIpc) is 2.42. The number of nitrogens with two attached hydrogens (primary N) is 1. The Morgan fingerprint density at radius 1 is 1.39 bits per heavy atom. The lowest BCUT2D eigenvalue weighted by Crippen LogP contribution is -2.32. The van der Waals surface area contributed by atoms with Gasteiger partial charge < -0.3 is 11.1 Å². The first-order valence-electron chi connectivity index (χ1n) is 6.80. The van der Waals surface area contributed by atoms with Gasteiger partial charge in [0.1, 0.15) is 0 Å². The third-order valence-corrected chi connectivity index (χ3v) is 3.96. The highest BCUT2D eigenvalue weighted by Gasteiger charge is 2.23. The second-order valence-electron chi connectivity index (χ2n) is 5.12. The van der Waals surface area contributed by atoms with Gasteiger partial charge in [-0.25, -0.2) is 0 Å². The molecular formula is C15H21N3. The van der Waals surface area contributed by atoms with Gasteiger partial charge in [0.2, 0.25) is 0 Å². The normalized spacial score (nSPS) is 23.3. The zero-order valence-electron chi connectivity index (χ0n) is 10.9. The average molecular weight is 243 g/mol. The van der Waals surface area contributed by atoms with E-state index in [1.807, 2.05) is 12.1 Å². The number of anilines is 2. The predicted octanol–water partition coefficient (Wildman–Crippen LogP) is 3.52. The zero-order chi connectivity index (χ0) is 13.0. The van der Waals surface area contributed by atoms with Crippen LogP contribution in [0, 0.1) is 17.2 Å². The lowest BCUT2D eigenvalue weighted by atomic mass is 9.82. The number of hydrogen-bond acceptors (Lipinski definition) is 3. The quantitative estimate of drug-likeness (QED) is 0.798. The minimum absolute atomic E-state index is 0.500. The molecule has 3 heteroatoms. The van der Waals surface area contributed by atoms with Gasteiger partial charge in [-0.15, -0.1) is 0 Å². The second kappa shape index (κ2) is 5.77. The van der Waals surface area contributed by atoms with Gasteiger partial charge in [0, 0.05) is 6.04 Å². The smallest absolute Gasteiger partial charge is 0.0992 e. The van der Waals surface area contributed by atoms with Crippen LogP contribution in [0.15, 0.2) is 18.2 Å². The fraction of sp³-hybridized carbons (Fsp3) is 0.533. The van der Waals surface area contributed by atoms with Crippen molar-refractivity contribution in [3.8, 4) is 6.07 Å². The minimum atomic E-state index is 0.500. The van der Waals surface area contributed by atoms with E-state index in [2.05, 4.69) is 18.3 Å². The molecule has 0 amide bonds. The number of benzene rings is 1. The number of hydrogen-bond donors (Lipinski definition) is 2. The summed E-state index contributed by atoms with van der Waals surface area (Å²) in [6.07, 6.45) is 6.33. The maximum absolute atomic E-state index is 8.94. The summed E-state index contributed by atoms with van der Waals surface area (Å²) in [7, 11) is 0. The van der Waals surface area contributed by atoms with Crippen LogP contribution >= 0.6 is 0 Å². The van der Waals surface area contributed by atoms with E-state index in [1.54, 1.807) is 6.07 Å². The number of nitrogen functional groups attached to an aromatic ring is 1. The Kier molecular flexibility index (Phi) is 4.09. The van der Waals surface area contributed by atoms with E-state index in [9.17, 15) is 0 Å². The van der Waals surface area contributed by atoms with E-state index in [0.717, 1.165) is 17.3 Å². The van der Waals surface area contributed by atoms with Gasteiger partial charge in [0.25, 0.3) is 0 Å². The monoisotopic (exact) mass is 243 g/mol. The summed E-state index contributed by atoms with van der Waals surface area (Å²) in [5, 5.41) is 12.5. The molecule has 96 valence electrons. The third kappa shape index (κ3) is 2.76. The Balaban J connectivity index is 2.14. The summed E-state index contributed by atoms with van der Waals surface area (Å²) in [4.78, 5) is 0. The molecule has 0 heterocycles. The van der Waals surface area contributed by atoms with Crippen molar-refractivity contribution < 1.29 is 0 Å². The van der Waals surface area contributed by atoms with Crippen molar-refractivity contribution in [2.45, 2.75) is 45.1 Å². The summed E-state index contributed by atoms with van der Waals surface area (Å²) in [5.41, 5.74) is 8.29. The summed E-state index contributed by atoms with van der Waals surface area (Å²) in [6.45, 7) is 2.25. The van der Waals surface area contributed by atoms with Crippen molar-refractivity contribution in [1.29, 1.82) is 5.26 Å². The Morgan fingerprint density at radius 3 is 2.89 bits per heavy atom. The van der Waals surface area contributed by atoms with Crippen LogP contribution in [0.5, 0.6) is 0 Å². The van der Waals surface area contributed by atoms with Crippen molar-refractivity contribution in [1.82, 2.24) is 0 Å². The molecule has 0 saturated heterocycles. The molecule has 0 spiro atoms. The zero-order valence-corrected chi connectivity index (χ0v) is 10.9. The van der Waals surface area contributed by atoms with Crippen molar-refractivity contribution in [2.75, 3.05) is 11.1 Å². The first-order valence-corrected chi connectivity index (χ1v) is 6.80. The van der Waals surface area contributed by atoms with E-state index in [0.29, 0.717) is 11.6 Å². The first-order chi connectivity index (χ1) is 8.74. The van der Waals surface area contributed by atoms with E-state index in [1.165, 1.54) is 32.1 Å². The van der Waals surface area contributed by atoms with E-state index >= 15 is 0 Å². The number of rotatable bonds is 3. The van der Waals surface area contributed by atoms with Crippen LogP contribution in [0.2, 0.25) is 0 Å². The molecule has 0 aliphatic heterocycles. The molecule has 0 radical (unpaired) electrons. The highest BCUT2D eigenvalue weighted by molar-refractivity contribution is 5.68. The molecule has 1 aromatic rings. The second-order valence-corrected chi connectivity index (χ2v) is 5.12. The molecule has 18 heavy (non-hydrogen) atoms. The molecular weight excluding hydrogens is 222 g/mol. The molecule has 0 aromatic heterocycles.